The van der Waals surface area contributed by atoms with Crippen LogP contribution in [0.2, 0.25) is 0 Å². The van der Waals surface area contributed by atoms with Gasteiger partial charge in [0.2, 0.25) is 0 Å². The molecule has 0 amide bonds. The summed E-state index contributed by atoms with van der Waals surface area (Å²) in [5, 5.41) is 8.70. The van der Waals surface area contributed by atoms with Gasteiger partial charge in [-0.15, -0.1) is 12.4 Å². The zero-order valence-electron chi connectivity index (χ0n) is 9.62. The van der Waals surface area contributed by atoms with Gasteiger partial charge in [0.15, 0.2) is 0 Å². The largest absolute Gasteiger partial charge is 0.324 e. The maximum absolute atomic E-state index is 13.1. The van der Waals surface area contributed by atoms with Gasteiger partial charge in [0.05, 0.1) is 5.56 Å². The van der Waals surface area contributed by atoms with E-state index in [4.69, 9.17) is 11.0 Å². The van der Waals surface area contributed by atoms with E-state index in [0.717, 1.165) is 5.56 Å². The number of benzene rings is 1. The summed E-state index contributed by atoms with van der Waals surface area (Å²) in [4.78, 5) is 0. The van der Waals surface area contributed by atoms with Crippen molar-refractivity contribution in [2.45, 2.75) is 26.8 Å². The highest BCUT2D eigenvalue weighted by atomic mass is 35.5. The third kappa shape index (κ3) is 3.19. The van der Waals surface area contributed by atoms with Gasteiger partial charge < -0.3 is 5.73 Å². The minimum atomic E-state index is -0.498. The van der Waals surface area contributed by atoms with E-state index in [1.165, 1.54) is 12.1 Å². The van der Waals surface area contributed by atoms with Crippen molar-refractivity contribution in [3.8, 4) is 6.07 Å². The van der Waals surface area contributed by atoms with Gasteiger partial charge in [-0.1, -0.05) is 26.8 Å². The van der Waals surface area contributed by atoms with E-state index >= 15 is 0 Å². The smallest absolute Gasteiger partial charge is 0.140 e. The molecule has 2 nitrogen and oxygen atoms in total. The van der Waals surface area contributed by atoms with Crippen LogP contribution in [0.3, 0.4) is 0 Å². The van der Waals surface area contributed by atoms with Crippen molar-refractivity contribution in [2.75, 3.05) is 0 Å². The number of rotatable bonds is 1. The van der Waals surface area contributed by atoms with Gasteiger partial charge in [-0.2, -0.15) is 5.26 Å². The van der Waals surface area contributed by atoms with Gasteiger partial charge in [0, 0.05) is 6.04 Å². The summed E-state index contributed by atoms with van der Waals surface area (Å²) in [7, 11) is 0. The first kappa shape index (κ1) is 14.9. The van der Waals surface area contributed by atoms with Gasteiger partial charge in [0.1, 0.15) is 11.9 Å². The van der Waals surface area contributed by atoms with Crippen molar-refractivity contribution in [2.24, 2.45) is 11.1 Å². The molecule has 0 radical (unpaired) electrons. The summed E-state index contributed by atoms with van der Waals surface area (Å²) in [5.41, 5.74) is 6.75. The van der Waals surface area contributed by atoms with Crippen LogP contribution in [-0.2, 0) is 0 Å². The van der Waals surface area contributed by atoms with Crippen molar-refractivity contribution in [1.82, 2.24) is 0 Å². The number of halogens is 2. The van der Waals surface area contributed by atoms with Gasteiger partial charge in [-0.3, -0.25) is 0 Å². The molecular formula is C12H16ClFN2. The molecule has 0 unspecified atom stereocenters. The zero-order chi connectivity index (χ0) is 11.6. The molecule has 0 heterocycles. The Hall–Kier alpha value is -1.11. The summed E-state index contributed by atoms with van der Waals surface area (Å²) in [6, 6.07) is 6.05. The second-order valence-electron chi connectivity index (χ2n) is 4.69. The van der Waals surface area contributed by atoms with Gasteiger partial charge in [-0.05, 0) is 23.1 Å². The van der Waals surface area contributed by atoms with E-state index in [-0.39, 0.29) is 29.4 Å². The van der Waals surface area contributed by atoms with Crippen LogP contribution >= 0.6 is 12.4 Å². The molecule has 1 atom stereocenters. The molecule has 88 valence electrons. The number of hydrogen-bond donors (Lipinski definition) is 1. The van der Waals surface area contributed by atoms with Crippen LogP contribution in [0.15, 0.2) is 18.2 Å². The molecule has 0 saturated heterocycles. The molecule has 4 heteroatoms. The third-order valence-corrected chi connectivity index (χ3v) is 2.40. The summed E-state index contributed by atoms with van der Waals surface area (Å²) < 4.78 is 13.1. The van der Waals surface area contributed by atoms with Crippen LogP contribution < -0.4 is 5.73 Å². The SMILES string of the molecule is CC(C)(C)[C@@H](N)c1ccc(F)c(C#N)c1.Cl. The van der Waals surface area contributed by atoms with Crippen molar-refractivity contribution in [3.05, 3.63) is 35.1 Å². The van der Waals surface area contributed by atoms with Gasteiger partial charge in [-0.25, -0.2) is 4.39 Å². The lowest BCUT2D eigenvalue weighted by atomic mass is 9.83. The van der Waals surface area contributed by atoms with E-state index in [1.807, 2.05) is 26.8 Å². The van der Waals surface area contributed by atoms with E-state index in [0.29, 0.717) is 0 Å². The van der Waals surface area contributed by atoms with E-state index in [1.54, 1.807) is 6.07 Å². The first-order valence-electron chi connectivity index (χ1n) is 4.81. The Bertz CT molecular complexity index is 404. The summed E-state index contributed by atoms with van der Waals surface area (Å²) in [6.07, 6.45) is 0. The first-order chi connectivity index (χ1) is 6.86. The predicted molar refractivity (Wildman–Crippen MR) is 64.7 cm³/mol. The lowest BCUT2D eigenvalue weighted by Crippen LogP contribution is -2.26. The van der Waals surface area contributed by atoms with E-state index in [2.05, 4.69) is 0 Å². The molecule has 0 aliphatic rings. The molecular weight excluding hydrogens is 227 g/mol. The average Bonchev–Trinajstić information content (AvgIpc) is 2.16. The van der Waals surface area contributed by atoms with E-state index in [9.17, 15) is 4.39 Å². The molecule has 0 spiro atoms. The van der Waals surface area contributed by atoms with Crippen molar-refractivity contribution >= 4 is 12.4 Å². The monoisotopic (exact) mass is 242 g/mol. The van der Waals surface area contributed by atoms with E-state index < -0.39 is 5.82 Å². The molecule has 0 aliphatic heterocycles. The summed E-state index contributed by atoms with van der Waals surface area (Å²) >= 11 is 0. The highest BCUT2D eigenvalue weighted by Gasteiger charge is 2.22. The molecule has 0 saturated carbocycles. The number of hydrogen-bond acceptors (Lipinski definition) is 2. The number of nitrogens with two attached hydrogens (primary N) is 1. The number of nitriles is 1. The fourth-order valence-electron chi connectivity index (χ4n) is 1.32. The topological polar surface area (TPSA) is 49.8 Å². The highest BCUT2D eigenvalue weighted by Crippen LogP contribution is 2.30. The Morgan fingerprint density at radius 3 is 2.38 bits per heavy atom. The molecule has 0 aromatic heterocycles. The minimum Gasteiger partial charge on any atom is -0.324 e. The quantitative estimate of drug-likeness (QED) is 0.822. The summed E-state index contributed by atoms with van der Waals surface area (Å²) in [6.45, 7) is 6.02. The molecule has 1 rings (SSSR count). The molecule has 2 N–H and O–H groups in total. The molecule has 1 aromatic rings. The standard InChI is InChI=1S/C12H15FN2.ClH/c1-12(2,3)11(15)8-4-5-10(13)9(6-8)7-14;/h4-6,11H,15H2,1-3H3;1H/t11-;/m0./s1. The molecule has 0 bridgehead atoms. The Labute approximate surface area is 102 Å². The van der Waals surface area contributed by atoms with Crippen molar-refractivity contribution in [3.63, 3.8) is 0 Å². The summed E-state index contributed by atoms with van der Waals surface area (Å²) in [5.74, 6) is -0.498. The maximum Gasteiger partial charge on any atom is 0.140 e. The van der Waals surface area contributed by atoms with Crippen LogP contribution in [0.1, 0.15) is 37.9 Å². The normalized spacial score (nSPS) is 12.5. The third-order valence-electron chi connectivity index (χ3n) is 2.40. The van der Waals surface area contributed by atoms with Crippen molar-refractivity contribution in [1.29, 1.82) is 5.26 Å². The molecule has 1 aromatic carbocycles. The lowest BCUT2D eigenvalue weighted by molar-refractivity contribution is 0.326. The Morgan fingerprint density at radius 1 is 1.38 bits per heavy atom. The molecule has 16 heavy (non-hydrogen) atoms. The first-order valence-corrected chi connectivity index (χ1v) is 4.81. The van der Waals surface area contributed by atoms with Gasteiger partial charge >= 0.3 is 0 Å². The minimum absolute atomic E-state index is 0. The van der Waals surface area contributed by atoms with Gasteiger partial charge in [0.25, 0.3) is 0 Å². The second-order valence-corrected chi connectivity index (χ2v) is 4.69. The lowest BCUT2D eigenvalue weighted by Gasteiger charge is -2.27. The zero-order valence-corrected chi connectivity index (χ0v) is 10.4. The fourth-order valence-corrected chi connectivity index (χ4v) is 1.32. The highest BCUT2D eigenvalue weighted by molar-refractivity contribution is 5.85. The maximum atomic E-state index is 13.1. The van der Waals surface area contributed by atoms with Crippen LogP contribution in [0.5, 0.6) is 0 Å². The second kappa shape index (κ2) is 5.29. The van der Waals surface area contributed by atoms with Crippen LogP contribution in [0, 0.1) is 22.6 Å². The van der Waals surface area contributed by atoms with Crippen LogP contribution in [-0.4, -0.2) is 0 Å². The Morgan fingerprint density at radius 2 is 1.94 bits per heavy atom. The van der Waals surface area contributed by atoms with Crippen LogP contribution in [0.4, 0.5) is 4.39 Å². The average molecular weight is 243 g/mol. The predicted octanol–water partition coefficient (Wildman–Crippen LogP) is 3.17. The van der Waals surface area contributed by atoms with Crippen LogP contribution in [0.25, 0.3) is 0 Å². The number of nitrogens with zero attached hydrogens (tertiary/aromatic N) is 1. The Balaban J connectivity index is 0.00000225. The molecule has 0 aliphatic carbocycles. The fraction of sp³-hybridized carbons (Fsp3) is 0.417. The molecule has 0 fully saturated rings. The Kier molecular flexibility index (Phi) is 4.92. The van der Waals surface area contributed by atoms with Crippen molar-refractivity contribution < 1.29 is 4.39 Å².